The maximum atomic E-state index is 13.8. The Labute approximate surface area is 119 Å². The second-order valence-corrected chi connectivity index (χ2v) is 7.31. The molecule has 1 heterocycles. The van der Waals surface area contributed by atoms with Gasteiger partial charge in [0.25, 0.3) is 0 Å². The Bertz CT molecular complexity index is 574. The van der Waals surface area contributed by atoms with Crippen LogP contribution in [0.15, 0.2) is 18.2 Å². The van der Waals surface area contributed by atoms with Gasteiger partial charge in [-0.3, -0.25) is 0 Å². The summed E-state index contributed by atoms with van der Waals surface area (Å²) < 4.78 is 43.8. The first-order valence-electron chi connectivity index (χ1n) is 6.71. The zero-order valence-corrected chi connectivity index (χ0v) is 12.6. The van der Waals surface area contributed by atoms with Crippen LogP contribution in [0.2, 0.25) is 0 Å². The van der Waals surface area contributed by atoms with E-state index in [1.165, 1.54) is 10.6 Å². The fourth-order valence-corrected chi connectivity index (χ4v) is 3.35. The van der Waals surface area contributed by atoms with Crippen molar-refractivity contribution in [3.8, 4) is 5.75 Å². The molecule has 0 bridgehead atoms. The van der Waals surface area contributed by atoms with Gasteiger partial charge in [-0.2, -0.15) is 0 Å². The maximum Gasteiger partial charge on any atom is 0.211 e. The van der Waals surface area contributed by atoms with Gasteiger partial charge < -0.3 is 4.74 Å². The normalized spacial score (nSPS) is 20.9. The van der Waals surface area contributed by atoms with Crippen molar-refractivity contribution < 1.29 is 17.5 Å². The molecule has 112 valence electrons. The molecule has 1 saturated heterocycles. The number of sulfonamides is 1. The Balaban J connectivity index is 1.95. The molecule has 0 aliphatic carbocycles. The van der Waals surface area contributed by atoms with Gasteiger partial charge in [0, 0.05) is 19.0 Å². The molecule has 0 radical (unpaired) electrons. The standard InChI is InChI=1S/C14H20FNO3S/c1-11-5-3-7-13(14(11)15)19-10-12-6-4-8-16(9-12)20(2,17)18/h3,5,7,12H,4,6,8-10H2,1-2H3. The number of nitrogens with zero attached hydrogens (tertiary/aromatic N) is 1. The number of hydrogen-bond acceptors (Lipinski definition) is 3. The molecule has 20 heavy (non-hydrogen) atoms. The Morgan fingerprint density at radius 3 is 2.90 bits per heavy atom. The van der Waals surface area contributed by atoms with Gasteiger partial charge in [-0.25, -0.2) is 17.1 Å². The molecular weight excluding hydrogens is 281 g/mol. The fraction of sp³-hybridized carbons (Fsp3) is 0.571. The molecule has 2 rings (SSSR count). The van der Waals surface area contributed by atoms with Crippen molar-refractivity contribution in [2.75, 3.05) is 26.0 Å². The minimum Gasteiger partial charge on any atom is -0.490 e. The summed E-state index contributed by atoms with van der Waals surface area (Å²) in [7, 11) is -3.15. The van der Waals surface area contributed by atoms with E-state index in [1.54, 1.807) is 25.1 Å². The quantitative estimate of drug-likeness (QED) is 0.856. The van der Waals surface area contributed by atoms with E-state index in [2.05, 4.69) is 0 Å². The zero-order chi connectivity index (χ0) is 14.8. The van der Waals surface area contributed by atoms with E-state index in [9.17, 15) is 12.8 Å². The van der Waals surface area contributed by atoms with E-state index in [0.29, 0.717) is 25.3 Å². The van der Waals surface area contributed by atoms with E-state index in [4.69, 9.17) is 4.74 Å². The second kappa shape index (κ2) is 6.10. The first-order valence-corrected chi connectivity index (χ1v) is 8.56. The summed E-state index contributed by atoms with van der Waals surface area (Å²) in [4.78, 5) is 0. The fourth-order valence-electron chi connectivity index (χ4n) is 2.40. The van der Waals surface area contributed by atoms with Gasteiger partial charge in [0.2, 0.25) is 10.0 Å². The topological polar surface area (TPSA) is 46.6 Å². The van der Waals surface area contributed by atoms with Crippen LogP contribution in [0.25, 0.3) is 0 Å². The third-order valence-corrected chi connectivity index (χ3v) is 4.85. The lowest BCUT2D eigenvalue weighted by Gasteiger charge is -2.30. The number of aryl methyl sites for hydroxylation is 1. The summed E-state index contributed by atoms with van der Waals surface area (Å²) in [6.07, 6.45) is 2.94. The molecule has 1 aromatic carbocycles. The van der Waals surface area contributed by atoms with Gasteiger partial charge in [0.05, 0.1) is 12.9 Å². The molecule has 0 spiro atoms. The molecule has 4 nitrogen and oxygen atoms in total. The third-order valence-electron chi connectivity index (χ3n) is 3.58. The first-order chi connectivity index (χ1) is 9.38. The highest BCUT2D eigenvalue weighted by molar-refractivity contribution is 7.88. The third kappa shape index (κ3) is 3.70. The molecule has 0 saturated carbocycles. The van der Waals surface area contributed by atoms with Crippen molar-refractivity contribution in [3.63, 3.8) is 0 Å². The summed E-state index contributed by atoms with van der Waals surface area (Å²) >= 11 is 0. The molecule has 0 N–H and O–H groups in total. The summed E-state index contributed by atoms with van der Waals surface area (Å²) in [5.74, 6) is 0.00291. The molecule has 6 heteroatoms. The smallest absolute Gasteiger partial charge is 0.211 e. The summed E-state index contributed by atoms with van der Waals surface area (Å²) in [6.45, 7) is 3.04. The highest BCUT2D eigenvalue weighted by atomic mass is 32.2. The van der Waals surface area contributed by atoms with Gasteiger partial charge >= 0.3 is 0 Å². The van der Waals surface area contributed by atoms with Gasteiger partial charge in [-0.15, -0.1) is 0 Å². The minimum atomic E-state index is -3.15. The second-order valence-electron chi connectivity index (χ2n) is 5.33. The summed E-state index contributed by atoms with van der Waals surface area (Å²) in [5, 5.41) is 0. The number of piperidine rings is 1. The highest BCUT2D eigenvalue weighted by Crippen LogP contribution is 2.23. The van der Waals surface area contributed by atoms with Crippen molar-refractivity contribution in [2.24, 2.45) is 5.92 Å². The zero-order valence-electron chi connectivity index (χ0n) is 11.8. The van der Waals surface area contributed by atoms with Crippen molar-refractivity contribution in [1.29, 1.82) is 0 Å². The van der Waals surface area contributed by atoms with Crippen LogP contribution >= 0.6 is 0 Å². The van der Waals surface area contributed by atoms with Crippen molar-refractivity contribution in [3.05, 3.63) is 29.6 Å². The molecule has 1 atom stereocenters. The van der Waals surface area contributed by atoms with Crippen LogP contribution in [0.1, 0.15) is 18.4 Å². The van der Waals surface area contributed by atoms with Crippen LogP contribution in [0.5, 0.6) is 5.75 Å². The molecular formula is C14H20FNO3S. The first kappa shape index (κ1) is 15.3. The average Bonchev–Trinajstić information content (AvgIpc) is 2.40. The number of hydrogen-bond donors (Lipinski definition) is 0. The predicted octanol–water partition coefficient (Wildman–Crippen LogP) is 2.18. The van der Waals surface area contributed by atoms with Crippen LogP contribution in [0.4, 0.5) is 4.39 Å². The van der Waals surface area contributed by atoms with Crippen LogP contribution in [-0.4, -0.2) is 38.7 Å². The Hall–Kier alpha value is -1.14. The van der Waals surface area contributed by atoms with E-state index >= 15 is 0 Å². The highest BCUT2D eigenvalue weighted by Gasteiger charge is 2.26. The summed E-state index contributed by atoms with van der Waals surface area (Å²) in [6, 6.07) is 5.03. The van der Waals surface area contributed by atoms with E-state index < -0.39 is 10.0 Å². The Kier molecular flexibility index (Phi) is 4.65. The largest absolute Gasteiger partial charge is 0.490 e. The minimum absolute atomic E-state index is 0.110. The van der Waals surface area contributed by atoms with Gasteiger partial charge in [-0.1, -0.05) is 12.1 Å². The molecule has 0 aromatic heterocycles. The van der Waals surface area contributed by atoms with Crippen molar-refractivity contribution in [2.45, 2.75) is 19.8 Å². The van der Waals surface area contributed by atoms with Gasteiger partial charge in [0.15, 0.2) is 11.6 Å². The monoisotopic (exact) mass is 301 g/mol. The predicted molar refractivity (Wildman–Crippen MR) is 75.8 cm³/mol. The van der Waals surface area contributed by atoms with Crippen LogP contribution in [0, 0.1) is 18.7 Å². The molecule has 0 amide bonds. The van der Waals surface area contributed by atoms with E-state index in [1.807, 2.05) is 0 Å². The number of benzene rings is 1. The van der Waals surface area contributed by atoms with Crippen LogP contribution in [-0.2, 0) is 10.0 Å². The SMILES string of the molecule is Cc1cccc(OCC2CCCN(S(C)(=O)=O)C2)c1F. The van der Waals surface area contributed by atoms with Crippen LogP contribution in [0.3, 0.4) is 0 Å². The average molecular weight is 301 g/mol. The number of rotatable bonds is 4. The summed E-state index contributed by atoms with van der Waals surface area (Å²) in [5.41, 5.74) is 0.545. The van der Waals surface area contributed by atoms with Gasteiger partial charge in [-0.05, 0) is 31.4 Å². The molecule has 1 unspecified atom stereocenters. The van der Waals surface area contributed by atoms with Crippen LogP contribution < -0.4 is 4.74 Å². The van der Waals surface area contributed by atoms with Gasteiger partial charge in [0.1, 0.15) is 0 Å². The molecule has 1 fully saturated rings. The molecule has 1 aromatic rings. The lowest BCUT2D eigenvalue weighted by molar-refractivity contribution is 0.176. The molecule has 1 aliphatic heterocycles. The van der Waals surface area contributed by atoms with Crippen molar-refractivity contribution in [1.82, 2.24) is 4.31 Å². The lowest BCUT2D eigenvalue weighted by Crippen LogP contribution is -2.40. The molecule has 1 aliphatic rings. The van der Waals surface area contributed by atoms with E-state index in [0.717, 1.165) is 12.8 Å². The Morgan fingerprint density at radius 2 is 2.20 bits per heavy atom. The van der Waals surface area contributed by atoms with E-state index in [-0.39, 0.29) is 17.5 Å². The maximum absolute atomic E-state index is 13.8. The number of ether oxygens (including phenoxy) is 1. The van der Waals surface area contributed by atoms with Crippen molar-refractivity contribution >= 4 is 10.0 Å². The number of halogens is 1. The Morgan fingerprint density at radius 1 is 1.45 bits per heavy atom. The lowest BCUT2D eigenvalue weighted by atomic mass is 10.0.